The molecule has 2 aromatic rings. The second-order valence-electron chi connectivity index (χ2n) is 4.59. The van der Waals surface area contributed by atoms with Crippen molar-refractivity contribution in [2.45, 2.75) is 13.5 Å². The van der Waals surface area contributed by atoms with Gasteiger partial charge in [0.2, 0.25) is 0 Å². The zero-order chi connectivity index (χ0) is 15.4. The summed E-state index contributed by atoms with van der Waals surface area (Å²) in [5, 5.41) is 9.00. The largest absolute Gasteiger partial charge is 0.480 e. The summed E-state index contributed by atoms with van der Waals surface area (Å²) in [7, 11) is 0. The Morgan fingerprint density at radius 2 is 1.86 bits per heavy atom. The molecule has 0 aliphatic rings. The predicted octanol–water partition coefficient (Wildman–Crippen LogP) is 1.78. The quantitative estimate of drug-likeness (QED) is 0.874. The van der Waals surface area contributed by atoms with Crippen LogP contribution in [0.2, 0.25) is 0 Å². The molecule has 2 rings (SSSR count). The number of furan rings is 1. The number of carboxylic acid groups (broad SMARTS) is 1. The van der Waals surface area contributed by atoms with E-state index >= 15 is 0 Å². The molecule has 1 aromatic carbocycles. The first-order valence-corrected chi connectivity index (χ1v) is 6.40. The molecule has 0 unspecified atom stereocenters. The first-order chi connectivity index (χ1) is 10.0. The van der Waals surface area contributed by atoms with Gasteiger partial charge in [-0.3, -0.25) is 14.5 Å². The maximum Gasteiger partial charge on any atom is 0.323 e. The molecule has 3 N–H and O–H groups in total. The Kier molecular flexibility index (Phi) is 4.39. The zero-order valence-electron chi connectivity index (χ0n) is 11.6. The summed E-state index contributed by atoms with van der Waals surface area (Å²) in [6.07, 6.45) is 0. The van der Waals surface area contributed by atoms with E-state index in [1.807, 2.05) is 19.1 Å². The zero-order valence-corrected chi connectivity index (χ0v) is 11.6. The second kappa shape index (κ2) is 6.23. The number of aliphatic carboxylic acids is 1. The molecule has 21 heavy (non-hydrogen) atoms. The summed E-state index contributed by atoms with van der Waals surface area (Å²) in [6, 6.07) is 10.1. The van der Waals surface area contributed by atoms with Crippen LogP contribution in [-0.4, -0.2) is 23.5 Å². The Bertz CT molecular complexity index is 646. The molecule has 0 aliphatic carbocycles. The Hall–Kier alpha value is -2.60. The van der Waals surface area contributed by atoms with Crippen molar-refractivity contribution in [1.29, 1.82) is 0 Å². The Morgan fingerprint density at radius 1 is 1.19 bits per heavy atom. The molecule has 6 nitrogen and oxygen atoms in total. The molecule has 0 saturated heterocycles. The van der Waals surface area contributed by atoms with E-state index in [1.54, 1.807) is 18.2 Å². The molecule has 0 fully saturated rings. The normalized spacial score (nSPS) is 10.4. The number of nitrogens with zero attached hydrogens (tertiary/aromatic N) is 1. The van der Waals surface area contributed by atoms with E-state index in [1.165, 1.54) is 6.07 Å². The molecular formula is C15H16N2O4. The van der Waals surface area contributed by atoms with Crippen molar-refractivity contribution in [3.05, 3.63) is 53.5 Å². The van der Waals surface area contributed by atoms with E-state index in [-0.39, 0.29) is 12.3 Å². The summed E-state index contributed by atoms with van der Waals surface area (Å²) >= 11 is 0. The molecule has 0 atom stereocenters. The van der Waals surface area contributed by atoms with Gasteiger partial charge in [-0.05, 0) is 31.2 Å². The molecule has 110 valence electrons. The third kappa shape index (κ3) is 3.49. The summed E-state index contributed by atoms with van der Waals surface area (Å²) in [5.41, 5.74) is 6.95. The number of carbonyl (C=O) groups is 2. The van der Waals surface area contributed by atoms with E-state index in [0.717, 1.165) is 10.5 Å². The number of anilines is 1. The lowest BCUT2D eigenvalue weighted by Crippen LogP contribution is -2.35. The lowest BCUT2D eigenvalue weighted by atomic mass is 10.2. The first-order valence-electron chi connectivity index (χ1n) is 6.40. The first kappa shape index (κ1) is 14.8. The molecule has 0 aliphatic heterocycles. The van der Waals surface area contributed by atoms with Gasteiger partial charge in [0, 0.05) is 5.69 Å². The van der Waals surface area contributed by atoms with Crippen LogP contribution in [0.5, 0.6) is 0 Å². The minimum Gasteiger partial charge on any atom is -0.480 e. The Balaban J connectivity index is 2.32. The van der Waals surface area contributed by atoms with Crippen LogP contribution >= 0.6 is 0 Å². The highest BCUT2D eigenvalue weighted by Gasteiger charge is 2.23. The summed E-state index contributed by atoms with van der Waals surface area (Å²) < 4.78 is 5.29. The number of nitrogens with two attached hydrogens (primary N) is 1. The monoisotopic (exact) mass is 288 g/mol. The summed E-state index contributed by atoms with van der Waals surface area (Å²) in [6.45, 7) is 1.64. The Morgan fingerprint density at radius 3 is 2.38 bits per heavy atom. The van der Waals surface area contributed by atoms with Crippen LogP contribution in [0.4, 0.5) is 5.69 Å². The maximum atomic E-state index is 12.4. The van der Waals surface area contributed by atoms with Crippen LogP contribution in [0, 0.1) is 6.92 Å². The number of carbonyl (C=O) groups excluding carboxylic acids is 1. The van der Waals surface area contributed by atoms with Gasteiger partial charge in [-0.1, -0.05) is 17.7 Å². The van der Waals surface area contributed by atoms with Crippen molar-refractivity contribution >= 4 is 17.6 Å². The number of carboxylic acids is 1. The van der Waals surface area contributed by atoms with Crippen molar-refractivity contribution < 1.29 is 19.1 Å². The van der Waals surface area contributed by atoms with Gasteiger partial charge in [0.05, 0.1) is 6.54 Å². The lowest BCUT2D eigenvalue weighted by molar-refractivity contribution is -0.135. The van der Waals surface area contributed by atoms with Gasteiger partial charge in [-0.25, -0.2) is 0 Å². The second-order valence-corrected chi connectivity index (χ2v) is 4.59. The SMILES string of the molecule is Cc1ccc(N(CC(=O)O)C(=O)c2ccc(CN)o2)cc1. The van der Waals surface area contributed by atoms with E-state index in [9.17, 15) is 9.59 Å². The smallest absolute Gasteiger partial charge is 0.323 e. The van der Waals surface area contributed by atoms with Crippen LogP contribution in [-0.2, 0) is 11.3 Å². The third-order valence-corrected chi connectivity index (χ3v) is 2.96. The van der Waals surface area contributed by atoms with Crippen LogP contribution in [0.25, 0.3) is 0 Å². The topological polar surface area (TPSA) is 96.8 Å². The molecule has 0 saturated carbocycles. The number of hydrogen-bond donors (Lipinski definition) is 2. The number of benzene rings is 1. The van der Waals surface area contributed by atoms with E-state index in [4.69, 9.17) is 15.3 Å². The van der Waals surface area contributed by atoms with E-state index in [2.05, 4.69) is 0 Å². The molecular weight excluding hydrogens is 272 g/mol. The van der Waals surface area contributed by atoms with E-state index in [0.29, 0.717) is 11.4 Å². The standard InChI is InChI=1S/C15H16N2O4/c1-10-2-4-11(5-3-10)17(9-14(18)19)15(20)13-7-6-12(8-16)21-13/h2-7H,8-9,16H2,1H3,(H,18,19). The van der Waals surface area contributed by atoms with Gasteiger partial charge in [-0.15, -0.1) is 0 Å². The fraction of sp³-hybridized carbons (Fsp3) is 0.200. The lowest BCUT2D eigenvalue weighted by Gasteiger charge is -2.19. The van der Waals surface area contributed by atoms with Gasteiger partial charge >= 0.3 is 5.97 Å². The predicted molar refractivity (Wildman–Crippen MR) is 77.1 cm³/mol. The number of amides is 1. The van der Waals surface area contributed by atoms with Crippen molar-refractivity contribution in [2.75, 3.05) is 11.4 Å². The summed E-state index contributed by atoms with van der Waals surface area (Å²) in [4.78, 5) is 24.6. The van der Waals surface area contributed by atoms with E-state index < -0.39 is 18.4 Å². The van der Waals surface area contributed by atoms with Gasteiger partial charge in [0.1, 0.15) is 12.3 Å². The fourth-order valence-electron chi connectivity index (χ4n) is 1.88. The molecule has 1 amide bonds. The van der Waals surface area contributed by atoms with Gasteiger partial charge in [-0.2, -0.15) is 0 Å². The van der Waals surface area contributed by atoms with Crippen LogP contribution in [0.1, 0.15) is 21.9 Å². The molecule has 0 radical (unpaired) electrons. The van der Waals surface area contributed by atoms with Gasteiger partial charge < -0.3 is 15.3 Å². The molecule has 6 heteroatoms. The Labute approximate surface area is 121 Å². The highest BCUT2D eigenvalue weighted by atomic mass is 16.4. The molecule has 1 aromatic heterocycles. The van der Waals surface area contributed by atoms with Crippen LogP contribution in [0.15, 0.2) is 40.8 Å². The number of aryl methyl sites for hydroxylation is 1. The number of hydrogen-bond acceptors (Lipinski definition) is 4. The van der Waals surface area contributed by atoms with Gasteiger partial charge in [0.25, 0.3) is 5.91 Å². The minimum atomic E-state index is -1.10. The molecule has 0 spiro atoms. The summed E-state index contributed by atoms with van der Waals surface area (Å²) in [5.74, 6) is -1.08. The highest BCUT2D eigenvalue weighted by Crippen LogP contribution is 2.19. The highest BCUT2D eigenvalue weighted by molar-refractivity contribution is 6.06. The average Bonchev–Trinajstić information content (AvgIpc) is 2.94. The fourth-order valence-corrected chi connectivity index (χ4v) is 1.88. The maximum absolute atomic E-state index is 12.4. The van der Waals surface area contributed by atoms with Crippen molar-refractivity contribution in [3.8, 4) is 0 Å². The van der Waals surface area contributed by atoms with Crippen molar-refractivity contribution in [1.82, 2.24) is 0 Å². The van der Waals surface area contributed by atoms with Crippen molar-refractivity contribution in [3.63, 3.8) is 0 Å². The molecule has 1 heterocycles. The van der Waals surface area contributed by atoms with Crippen LogP contribution in [0.3, 0.4) is 0 Å². The van der Waals surface area contributed by atoms with Crippen LogP contribution < -0.4 is 10.6 Å². The van der Waals surface area contributed by atoms with Gasteiger partial charge in [0.15, 0.2) is 5.76 Å². The van der Waals surface area contributed by atoms with Crippen molar-refractivity contribution in [2.24, 2.45) is 5.73 Å². The number of rotatable bonds is 5. The third-order valence-electron chi connectivity index (χ3n) is 2.96. The molecule has 0 bridgehead atoms. The average molecular weight is 288 g/mol. The minimum absolute atomic E-state index is 0.0669.